The van der Waals surface area contributed by atoms with Crippen molar-refractivity contribution in [2.45, 2.75) is 0 Å². The van der Waals surface area contributed by atoms with E-state index in [0.29, 0.717) is 29.8 Å². The first-order valence-electron chi connectivity index (χ1n) is 9.36. The standard InChI is InChI=1S/C23H21N3O2/c27-22(18-4-2-1-3-5-18)19-6-8-20(9-7-19)23(28)26-16-14-25(15-17-26)21-10-12-24-13-11-21/h1-13H,14-17H2. The Morgan fingerprint density at radius 2 is 1.25 bits per heavy atom. The highest BCUT2D eigenvalue weighted by Crippen LogP contribution is 2.17. The molecule has 0 atom stereocenters. The molecule has 2 heterocycles. The first-order valence-corrected chi connectivity index (χ1v) is 9.36. The second-order valence-electron chi connectivity index (χ2n) is 6.76. The van der Waals surface area contributed by atoms with Crippen LogP contribution in [0.1, 0.15) is 26.3 Å². The average Bonchev–Trinajstić information content (AvgIpc) is 2.79. The van der Waals surface area contributed by atoms with Gasteiger partial charge in [0.2, 0.25) is 0 Å². The number of amides is 1. The number of carbonyl (C=O) groups excluding carboxylic acids is 2. The molecule has 0 saturated carbocycles. The number of carbonyl (C=O) groups is 2. The zero-order chi connectivity index (χ0) is 19.3. The fraction of sp³-hybridized carbons (Fsp3) is 0.174. The maximum atomic E-state index is 12.8. The minimum Gasteiger partial charge on any atom is -0.368 e. The number of anilines is 1. The second-order valence-corrected chi connectivity index (χ2v) is 6.76. The van der Waals surface area contributed by atoms with Gasteiger partial charge < -0.3 is 9.80 Å². The third-order valence-electron chi connectivity index (χ3n) is 5.02. The van der Waals surface area contributed by atoms with Crippen molar-refractivity contribution in [1.29, 1.82) is 0 Å². The van der Waals surface area contributed by atoms with Crippen LogP contribution in [-0.4, -0.2) is 47.8 Å². The number of pyridine rings is 1. The van der Waals surface area contributed by atoms with Crippen molar-refractivity contribution >= 4 is 17.4 Å². The highest BCUT2D eigenvalue weighted by molar-refractivity contribution is 6.09. The van der Waals surface area contributed by atoms with Crippen molar-refractivity contribution in [2.75, 3.05) is 31.1 Å². The van der Waals surface area contributed by atoms with E-state index in [1.807, 2.05) is 35.2 Å². The van der Waals surface area contributed by atoms with E-state index in [0.717, 1.165) is 18.8 Å². The number of rotatable bonds is 4. The third-order valence-corrected chi connectivity index (χ3v) is 5.02. The predicted octanol–water partition coefficient (Wildman–Crippen LogP) is 3.28. The van der Waals surface area contributed by atoms with Gasteiger partial charge in [-0.15, -0.1) is 0 Å². The molecule has 0 unspecified atom stereocenters. The van der Waals surface area contributed by atoms with Crippen LogP contribution in [0.4, 0.5) is 5.69 Å². The van der Waals surface area contributed by atoms with Crippen LogP contribution in [0.3, 0.4) is 0 Å². The van der Waals surface area contributed by atoms with Gasteiger partial charge in [-0.3, -0.25) is 14.6 Å². The number of hydrogen-bond acceptors (Lipinski definition) is 4. The molecule has 5 heteroatoms. The Labute approximate surface area is 164 Å². The molecule has 2 aromatic carbocycles. The van der Waals surface area contributed by atoms with Crippen LogP contribution in [-0.2, 0) is 0 Å². The van der Waals surface area contributed by atoms with E-state index >= 15 is 0 Å². The van der Waals surface area contributed by atoms with Crippen molar-refractivity contribution in [1.82, 2.24) is 9.88 Å². The lowest BCUT2D eigenvalue weighted by molar-refractivity contribution is 0.0746. The second kappa shape index (κ2) is 8.05. The summed E-state index contributed by atoms with van der Waals surface area (Å²) in [5.74, 6) is -0.0290. The van der Waals surface area contributed by atoms with E-state index in [-0.39, 0.29) is 11.7 Å². The molecule has 1 aliphatic heterocycles. The molecule has 28 heavy (non-hydrogen) atoms. The minimum absolute atomic E-state index is 0.00749. The van der Waals surface area contributed by atoms with Crippen LogP contribution in [0, 0.1) is 0 Å². The summed E-state index contributed by atoms with van der Waals surface area (Å²) in [6.07, 6.45) is 3.57. The van der Waals surface area contributed by atoms with Gasteiger partial charge in [0.25, 0.3) is 5.91 Å². The number of hydrogen-bond donors (Lipinski definition) is 0. The molecule has 1 aromatic heterocycles. The Morgan fingerprint density at radius 1 is 0.679 bits per heavy atom. The van der Waals surface area contributed by atoms with Crippen LogP contribution in [0.5, 0.6) is 0 Å². The van der Waals surface area contributed by atoms with Gasteiger partial charge in [0.1, 0.15) is 0 Å². The highest BCUT2D eigenvalue weighted by Gasteiger charge is 2.22. The molecule has 0 N–H and O–H groups in total. The number of aromatic nitrogens is 1. The van der Waals surface area contributed by atoms with Crippen LogP contribution in [0.2, 0.25) is 0 Å². The summed E-state index contributed by atoms with van der Waals surface area (Å²) < 4.78 is 0. The molecule has 1 amide bonds. The summed E-state index contributed by atoms with van der Waals surface area (Å²) in [5.41, 5.74) is 2.98. The lowest BCUT2D eigenvalue weighted by Gasteiger charge is -2.36. The monoisotopic (exact) mass is 371 g/mol. The number of benzene rings is 2. The van der Waals surface area contributed by atoms with Crippen molar-refractivity contribution < 1.29 is 9.59 Å². The van der Waals surface area contributed by atoms with E-state index in [2.05, 4.69) is 9.88 Å². The van der Waals surface area contributed by atoms with Gasteiger partial charge in [-0.2, -0.15) is 0 Å². The summed E-state index contributed by atoms with van der Waals surface area (Å²) in [5, 5.41) is 0. The first kappa shape index (κ1) is 17.9. The molecule has 5 nitrogen and oxygen atoms in total. The maximum Gasteiger partial charge on any atom is 0.253 e. The fourth-order valence-corrected chi connectivity index (χ4v) is 3.43. The smallest absolute Gasteiger partial charge is 0.253 e. The molecule has 4 rings (SSSR count). The average molecular weight is 371 g/mol. The zero-order valence-corrected chi connectivity index (χ0v) is 15.5. The van der Waals surface area contributed by atoms with Crippen LogP contribution < -0.4 is 4.90 Å². The summed E-state index contributed by atoms with van der Waals surface area (Å²) in [6.45, 7) is 2.93. The normalized spacial score (nSPS) is 14.0. The highest BCUT2D eigenvalue weighted by atomic mass is 16.2. The van der Waals surface area contributed by atoms with Gasteiger partial charge in [-0.1, -0.05) is 42.5 Å². The Balaban J connectivity index is 1.40. The number of piperazine rings is 1. The first-order chi connectivity index (χ1) is 13.7. The SMILES string of the molecule is O=C(c1ccccc1)c1ccc(C(=O)N2CCN(c3ccncc3)CC2)cc1. The minimum atomic E-state index is -0.0365. The summed E-state index contributed by atoms with van der Waals surface area (Å²) in [7, 11) is 0. The number of ketones is 1. The summed E-state index contributed by atoms with van der Waals surface area (Å²) >= 11 is 0. The summed E-state index contributed by atoms with van der Waals surface area (Å²) in [6, 6.07) is 20.1. The van der Waals surface area contributed by atoms with Gasteiger partial charge in [0, 0.05) is 61.0 Å². The Hall–Kier alpha value is -3.47. The predicted molar refractivity (Wildman–Crippen MR) is 109 cm³/mol. The third kappa shape index (κ3) is 3.78. The van der Waals surface area contributed by atoms with Crippen molar-refractivity contribution in [2.24, 2.45) is 0 Å². The molecule has 0 spiro atoms. The molecule has 0 bridgehead atoms. The van der Waals surface area contributed by atoms with Crippen molar-refractivity contribution in [3.05, 3.63) is 95.8 Å². The molecule has 1 saturated heterocycles. The van der Waals surface area contributed by atoms with Crippen LogP contribution in [0.25, 0.3) is 0 Å². The van der Waals surface area contributed by atoms with Crippen LogP contribution in [0.15, 0.2) is 79.1 Å². The topological polar surface area (TPSA) is 53.5 Å². The maximum absolute atomic E-state index is 12.8. The molecule has 140 valence electrons. The lowest BCUT2D eigenvalue weighted by Crippen LogP contribution is -2.48. The van der Waals surface area contributed by atoms with Gasteiger partial charge in [-0.05, 0) is 24.3 Å². The number of nitrogens with zero attached hydrogens (tertiary/aromatic N) is 3. The van der Waals surface area contributed by atoms with Gasteiger partial charge in [-0.25, -0.2) is 0 Å². The molecule has 1 fully saturated rings. The molecule has 3 aromatic rings. The van der Waals surface area contributed by atoms with E-state index in [9.17, 15) is 9.59 Å². The largest absolute Gasteiger partial charge is 0.368 e. The van der Waals surface area contributed by atoms with Gasteiger partial charge in [0.15, 0.2) is 5.78 Å². The Morgan fingerprint density at radius 3 is 1.89 bits per heavy atom. The van der Waals surface area contributed by atoms with E-state index in [1.54, 1.807) is 48.8 Å². The quantitative estimate of drug-likeness (QED) is 0.661. The van der Waals surface area contributed by atoms with Crippen molar-refractivity contribution in [3.63, 3.8) is 0 Å². The Bertz CT molecular complexity index is 948. The van der Waals surface area contributed by atoms with Gasteiger partial charge >= 0.3 is 0 Å². The van der Waals surface area contributed by atoms with E-state index in [4.69, 9.17) is 0 Å². The molecular formula is C23H21N3O2. The van der Waals surface area contributed by atoms with Crippen LogP contribution >= 0.6 is 0 Å². The molecule has 1 aliphatic rings. The van der Waals surface area contributed by atoms with E-state index < -0.39 is 0 Å². The zero-order valence-electron chi connectivity index (χ0n) is 15.5. The lowest BCUT2D eigenvalue weighted by atomic mass is 10.0. The fourth-order valence-electron chi connectivity index (χ4n) is 3.43. The van der Waals surface area contributed by atoms with Crippen molar-refractivity contribution in [3.8, 4) is 0 Å². The van der Waals surface area contributed by atoms with E-state index in [1.165, 1.54) is 0 Å². The summed E-state index contributed by atoms with van der Waals surface area (Å²) in [4.78, 5) is 33.5. The van der Waals surface area contributed by atoms with Gasteiger partial charge in [0.05, 0.1) is 0 Å². The Kier molecular flexibility index (Phi) is 5.15. The molecule has 0 aliphatic carbocycles. The molecular weight excluding hydrogens is 350 g/mol. The molecule has 0 radical (unpaired) electrons.